The van der Waals surface area contributed by atoms with Crippen LogP contribution in [0.4, 0.5) is 0 Å². The van der Waals surface area contributed by atoms with Crippen molar-refractivity contribution in [1.82, 2.24) is 0 Å². The van der Waals surface area contributed by atoms with E-state index in [0.29, 0.717) is 0 Å². The summed E-state index contributed by atoms with van der Waals surface area (Å²) in [6.07, 6.45) is 2.22. The first-order valence-electron chi connectivity index (χ1n) is 10.3. The number of benzene rings is 2. The van der Waals surface area contributed by atoms with E-state index in [0.717, 1.165) is 12.8 Å². The fourth-order valence-electron chi connectivity index (χ4n) is 3.81. The molecule has 0 aliphatic rings. The third kappa shape index (κ3) is 7.23. The Morgan fingerprint density at radius 1 is 0.548 bits per heavy atom. The molecule has 0 nitrogen and oxygen atoms in total. The van der Waals surface area contributed by atoms with Crippen molar-refractivity contribution in [1.29, 1.82) is 0 Å². The van der Waals surface area contributed by atoms with E-state index in [1.165, 1.54) is 44.5 Å². The molecule has 0 atom stereocenters. The summed E-state index contributed by atoms with van der Waals surface area (Å²) in [4.78, 5) is 0. The molecular weight excluding hydrogens is 455 g/mol. The van der Waals surface area contributed by atoms with E-state index in [-0.39, 0.29) is 46.5 Å². The molecule has 160 valence electrons. The Labute approximate surface area is 215 Å². The molecule has 3 heteroatoms. The summed E-state index contributed by atoms with van der Waals surface area (Å²) in [6, 6.07) is 30.2. The van der Waals surface area contributed by atoms with Crippen LogP contribution in [0.5, 0.6) is 0 Å². The summed E-state index contributed by atoms with van der Waals surface area (Å²) in [5, 5.41) is 0. The van der Waals surface area contributed by atoms with Gasteiger partial charge in [-0.25, -0.2) is 0 Å². The maximum absolute atomic E-state index is 2.21. The number of halogens is 2. The van der Waals surface area contributed by atoms with Crippen LogP contribution >= 0.6 is 0 Å². The number of aryl methyl sites for hydroxylation is 4. The maximum Gasteiger partial charge on any atom is 4.00 e. The van der Waals surface area contributed by atoms with Crippen molar-refractivity contribution in [3.8, 4) is 22.3 Å². The summed E-state index contributed by atoms with van der Waals surface area (Å²) in [5.74, 6) is 0. The minimum atomic E-state index is 0. The zero-order chi connectivity index (χ0) is 19.9. The molecule has 4 aromatic rings. The second kappa shape index (κ2) is 14.5. The van der Waals surface area contributed by atoms with Crippen LogP contribution in [-0.4, -0.2) is 0 Å². The molecular formula is C28H30Cl2Ti. The van der Waals surface area contributed by atoms with Crippen molar-refractivity contribution in [2.45, 2.75) is 40.5 Å². The Hall–Kier alpha value is -1.57. The molecule has 4 aromatic carbocycles. The van der Waals surface area contributed by atoms with E-state index in [1.54, 1.807) is 0 Å². The quantitative estimate of drug-likeness (QED) is 0.306. The van der Waals surface area contributed by atoms with Crippen LogP contribution < -0.4 is 24.8 Å². The van der Waals surface area contributed by atoms with Crippen LogP contribution in [0, 0.1) is 13.8 Å². The molecule has 0 amide bonds. The van der Waals surface area contributed by atoms with Crippen molar-refractivity contribution in [2.75, 3.05) is 0 Å². The Morgan fingerprint density at radius 3 is 1.23 bits per heavy atom. The second-order valence-corrected chi connectivity index (χ2v) is 7.27. The van der Waals surface area contributed by atoms with E-state index in [2.05, 4.69) is 113 Å². The van der Waals surface area contributed by atoms with Gasteiger partial charge in [-0.05, 0) is 12.8 Å². The van der Waals surface area contributed by atoms with Gasteiger partial charge in [-0.3, -0.25) is 0 Å². The van der Waals surface area contributed by atoms with Crippen LogP contribution in [-0.2, 0) is 34.6 Å². The minimum Gasteiger partial charge on any atom is -1.00 e. The Kier molecular flexibility index (Phi) is 13.8. The topological polar surface area (TPSA) is 0 Å². The summed E-state index contributed by atoms with van der Waals surface area (Å²) in [5.41, 5.74) is 11.1. The number of rotatable bonds is 4. The third-order valence-electron chi connectivity index (χ3n) is 5.44. The van der Waals surface area contributed by atoms with Gasteiger partial charge in [0.25, 0.3) is 0 Å². The van der Waals surface area contributed by atoms with E-state index < -0.39 is 0 Å². The van der Waals surface area contributed by atoms with E-state index in [1.807, 2.05) is 0 Å². The first-order chi connectivity index (χ1) is 13.7. The van der Waals surface area contributed by atoms with Crippen molar-refractivity contribution >= 4 is 0 Å². The average molecular weight is 485 g/mol. The fourth-order valence-corrected chi connectivity index (χ4v) is 3.81. The van der Waals surface area contributed by atoms with E-state index in [9.17, 15) is 0 Å². The molecule has 0 saturated heterocycles. The van der Waals surface area contributed by atoms with Gasteiger partial charge >= 0.3 is 21.7 Å². The van der Waals surface area contributed by atoms with Gasteiger partial charge < -0.3 is 24.8 Å². The van der Waals surface area contributed by atoms with Gasteiger partial charge in [0.1, 0.15) is 0 Å². The molecule has 0 radical (unpaired) electrons. The summed E-state index contributed by atoms with van der Waals surface area (Å²) in [6.45, 7) is 8.75. The van der Waals surface area contributed by atoms with Crippen LogP contribution in [0.15, 0.2) is 84.9 Å². The Morgan fingerprint density at radius 2 is 0.903 bits per heavy atom. The first-order valence-corrected chi connectivity index (χ1v) is 10.3. The molecule has 0 N–H and O–H groups in total. The van der Waals surface area contributed by atoms with Crippen LogP contribution in [0.25, 0.3) is 22.3 Å². The van der Waals surface area contributed by atoms with E-state index in [4.69, 9.17) is 0 Å². The van der Waals surface area contributed by atoms with Crippen molar-refractivity contribution in [3.05, 3.63) is 107 Å². The molecule has 4 rings (SSSR count). The molecule has 0 aromatic heterocycles. The monoisotopic (exact) mass is 484 g/mol. The largest absolute Gasteiger partial charge is 4.00 e. The molecule has 0 spiro atoms. The molecule has 31 heavy (non-hydrogen) atoms. The van der Waals surface area contributed by atoms with Gasteiger partial charge in [0.15, 0.2) is 0 Å². The van der Waals surface area contributed by atoms with Gasteiger partial charge in [-0.1, -0.05) is 75.2 Å². The number of hydrogen-bond acceptors (Lipinski definition) is 0. The first kappa shape index (κ1) is 29.4. The van der Waals surface area contributed by atoms with Crippen molar-refractivity contribution < 1.29 is 46.5 Å². The van der Waals surface area contributed by atoms with Gasteiger partial charge in [-0.15, -0.1) is 69.8 Å². The molecule has 0 bridgehead atoms. The molecule has 0 aliphatic heterocycles. The molecule has 0 heterocycles. The van der Waals surface area contributed by atoms with Crippen LogP contribution in [0.3, 0.4) is 0 Å². The standard InChI is InChI=1S/2C14H15.2ClH.Ti/c2*1-3-12-8-6-10-14(12)13-9-5-4-7-11(13)2;;;/h2*4-10H,3H2,1-2H3;2*1H;/q2*-1;;;+4/p-2. The third-order valence-corrected chi connectivity index (χ3v) is 5.44. The SMILES string of the molecule is CCc1ccc[c-]1-c1ccccc1C.CCc1ccc[c-]1-c1ccccc1C.[Cl-].[Cl-].[Ti+4]. The van der Waals surface area contributed by atoms with E-state index >= 15 is 0 Å². The van der Waals surface area contributed by atoms with Gasteiger partial charge in [0.05, 0.1) is 0 Å². The van der Waals surface area contributed by atoms with Gasteiger partial charge in [0.2, 0.25) is 0 Å². The second-order valence-electron chi connectivity index (χ2n) is 7.27. The average Bonchev–Trinajstić information content (AvgIpc) is 3.38. The smallest absolute Gasteiger partial charge is 1.00 e. The molecule has 0 aliphatic carbocycles. The predicted octanol–water partition coefficient (Wildman–Crippen LogP) is 1.89. The zero-order valence-electron chi connectivity index (χ0n) is 18.8. The Balaban J connectivity index is 0.000000529. The van der Waals surface area contributed by atoms with Gasteiger partial charge in [0, 0.05) is 0 Å². The molecule has 0 fully saturated rings. The summed E-state index contributed by atoms with van der Waals surface area (Å²) < 4.78 is 0. The summed E-state index contributed by atoms with van der Waals surface area (Å²) in [7, 11) is 0. The summed E-state index contributed by atoms with van der Waals surface area (Å²) >= 11 is 0. The predicted molar refractivity (Wildman–Crippen MR) is 123 cm³/mol. The van der Waals surface area contributed by atoms with Crippen LogP contribution in [0.1, 0.15) is 36.1 Å². The fraction of sp³-hybridized carbons (Fsp3) is 0.214. The molecule has 0 saturated carbocycles. The van der Waals surface area contributed by atoms with Crippen molar-refractivity contribution in [3.63, 3.8) is 0 Å². The van der Waals surface area contributed by atoms with Gasteiger partial charge in [-0.2, -0.15) is 12.1 Å². The Bertz CT molecular complexity index is 943. The normalized spacial score (nSPS) is 9.42. The van der Waals surface area contributed by atoms with Crippen molar-refractivity contribution in [2.24, 2.45) is 0 Å². The minimum absolute atomic E-state index is 0. The maximum atomic E-state index is 2.21. The zero-order valence-corrected chi connectivity index (χ0v) is 21.8. The molecule has 0 unspecified atom stereocenters. The number of hydrogen-bond donors (Lipinski definition) is 0. The van der Waals surface area contributed by atoms with Crippen LogP contribution in [0.2, 0.25) is 0 Å².